The molecule has 0 aliphatic rings. The number of aromatic nitrogens is 4. The molecule has 0 fully saturated rings. The van der Waals surface area contributed by atoms with Crippen LogP contribution in [-0.2, 0) is 11.3 Å². The minimum Gasteiger partial charge on any atom is -0.497 e. The molecular weight excluding hydrogens is 258 g/mol. The highest BCUT2D eigenvalue weighted by atomic mass is 16.5. The summed E-state index contributed by atoms with van der Waals surface area (Å²) in [6, 6.07) is 7.35. The first kappa shape index (κ1) is 14.0. The van der Waals surface area contributed by atoms with Gasteiger partial charge in [0.2, 0.25) is 5.91 Å². The zero-order valence-corrected chi connectivity index (χ0v) is 11.7. The molecule has 106 valence electrons. The minimum absolute atomic E-state index is 0.0331. The first-order chi connectivity index (χ1) is 9.61. The summed E-state index contributed by atoms with van der Waals surface area (Å²) >= 11 is 0. The van der Waals surface area contributed by atoms with Gasteiger partial charge in [0.1, 0.15) is 5.75 Å². The van der Waals surface area contributed by atoms with Crippen LogP contribution in [0.15, 0.2) is 24.3 Å². The molecule has 1 amide bonds. The van der Waals surface area contributed by atoms with E-state index in [0.29, 0.717) is 5.82 Å². The Morgan fingerprint density at radius 1 is 1.35 bits per heavy atom. The van der Waals surface area contributed by atoms with E-state index in [4.69, 9.17) is 4.74 Å². The normalized spacial score (nSPS) is 10.6. The highest BCUT2D eigenvalue weighted by Gasteiger charge is 2.11. The number of carbonyl (C=O) groups is 1. The van der Waals surface area contributed by atoms with Crippen LogP contribution in [0.1, 0.15) is 19.7 Å². The quantitative estimate of drug-likeness (QED) is 0.878. The number of benzene rings is 1. The third kappa shape index (κ3) is 3.11. The van der Waals surface area contributed by atoms with Crippen LogP contribution >= 0.6 is 0 Å². The van der Waals surface area contributed by atoms with Crippen molar-refractivity contribution < 1.29 is 9.53 Å². The molecule has 2 rings (SSSR count). The van der Waals surface area contributed by atoms with Crippen molar-refractivity contribution in [3.8, 4) is 11.4 Å². The van der Waals surface area contributed by atoms with Gasteiger partial charge in [0.15, 0.2) is 5.82 Å². The molecule has 0 saturated carbocycles. The van der Waals surface area contributed by atoms with Gasteiger partial charge in [0, 0.05) is 5.92 Å². The van der Waals surface area contributed by atoms with E-state index in [0.717, 1.165) is 11.4 Å². The van der Waals surface area contributed by atoms with E-state index in [1.807, 2.05) is 38.1 Å². The molecule has 7 heteroatoms. The molecule has 0 spiro atoms. The Hall–Kier alpha value is -2.44. The zero-order valence-electron chi connectivity index (χ0n) is 11.7. The van der Waals surface area contributed by atoms with Crippen LogP contribution in [0.25, 0.3) is 5.69 Å². The van der Waals surface area contributed by atoms with Crippen LogP contribution in [0.5, 0.6) is 5.75 Å². The molecule has 2 aromatic rings. The maximum absolute atomic E-state index is 11.6. The molecule has 1 aromatic heterocycles. The molecule has 1 N–H and O–H groups in total. The van der Waals surface area contributed by atoms with Gasteiger partial charge in [-0.1, -0.05) is 13.8 Å². The molecule has 0 saturated heterocycles. The van der Waals surface area contributed by atoms with Crippen LogP contribution in [0, 0.1) is 5.92 Å². The lowest BCUT2D eigenvalue weighted by Crippen LogP contribution is -2.28. The fourth-order valence-corrected chi connectivity index (χ4v) is 1.61. The van der Waals surface area contributed by atoms with E-state index in [-0.39, 0.29) is 18.4 Å². The van der Waals surface area contributed by atoms with Gasteiger partial charge in [-0.3, -0.25) is 4.79 Å². The predicted molar refractivity (Wildman–Crippen MR) is 72.4 cm³/mol. The number of nitrogens with zero attached hydrogens (tertiary/aromatic N) is 4. The number of hydrogen-bond donors (Lipinski definition) is 1. The van der Waals surface area contributed by atoms with Crippen molar-refractivity contribution in [1.29, 1.82) is 0 Å². The number of carbonyl (C=O) groups excluding carboxylic acids is 1. The van der Waals surface area contributed by atoms with Crippen molar-refractivity contribution >= 4 is 5.91 Å². The number of tetrazole rings is 1. The minimum atomic E-state index is -0.0692. The van der Waals surface area contributed by atoms with Gasteiger partial charge in [-0.15, -0.1) is 5.10 Å². The number of rotatable bonds is 5. The Balaban J connectivity index is 2.13. The molecule has 1 aromatic carbocycles. The summed E-state index contributed by atoms with van der Waals surface area (Å²) in [7, 11) is 1.61. The van der Waals surface area contributed by atoms with E-state index in [1.54, 1.807) is 11.8 Å². The Labute approximate surface area is 116 Å². The number of nitrogens with one attached hydrogen (secondary N) is 1. The first-order valence-electron chi connectivity index (χ1n) is 6.31. The van der Waals surface area contributed by atoms with Crippen LogP contribution in [0.4, 0.5) is 0 Å². The highest BCUT2D eigenvalue weighted by Crippen LogP contribution is 2.14. The van der Waals surface area contributed by atoms with Gasteiger partial charge < -0.3 is 10.1 Å². The fourth-order valence-electron chi connectivity index (χ4n) is 1.61. The number of hydrogen-bond acceptors (Lipinski definition) is 5. The van der Waals surface area contributed by atoms with Gasteiger partial charge in [0.05, 0.1) is 19.3 Å². The van der Waals surface area contributed by atoms with Gasteiger partial charge in [0.25, 0.3) is 0 Å². The van der Waals surface area contributed by atoms with Gasteiger partial charge in [-0.25, -0.2) is 0 Å². The number of amides is 1. The smallest absolute Gasteiger partial charge is 0.222 e. The molecule has 0 radical (unpaired) electrons. The largest absolute Gasteiger partial charge is 0.497 e. The Morgan fingerprint density at radius 3 is 2.65 bits per heavy atom. The SMILES string of the molecule is COc1ccc(-n2nnnc2CNC(=O)C(C)C)cc1. The molecular formula is C13H17N5O2. The molecule has 0 atom stereocenters. The van der Waals surface area contributed by atoms with Gasteiger partial charge >= 0.3 is 0 Å². The third-order valence-electron chi connectivity index (χ3n) is 2.80. The fraction of sp³-hybridized carbons (Fsp3) is 0.385. The summed E-state index contributed by atoms with van der Waals surface area (Å²) in [5, 5.41) is 14.3. The topological polar surface area (TPSA) is 81.9 Å². The second kappa shape index (κ2) is 6.14. The van der Waals surface area contributed by atoms with E-state index < -0.39 is 0 Å². The molecule has 7 nitrogen and oxygen atoms in total. The van der Waals surface area contributed by atoms with E-state index in [9.17, 15) is 4.79 Å². The van der Waals surface area contributed by atoms with Crippen molar-refractivity contribution in [3.63, 3.8) is 0 Å². The second-order valence-corrected chi connectivity index (χ2v) is 4.58. The summed E-state index contributed by atoms with van der Waals surface area (Å²) in [5.41, 5.74) is 0.810. The maximum atomic E-state index is 11.6. The molecule has 1 heterocycles. The number of methoxy groups -OCH3 is 1. The molecule has 0 unspecified atom stereocenters. The van der Waals surface area contributed by atoms with E-state index in [2.05, 4.69) is 20.8 Å². The first-order valence-corrected chi connectivity index (χ1v) is 6.31. The van der Waals surface area contributed by atoms with Crippen molar-refractivity contribution in [2.24, 2.45) is 5.92 Å². The summed E-state index contributed by atoms with van der Waals surface area (Å²) in [6.45, 7) is 3.96. The summed E-state index contributed by atoms with van der Waals surface area (Å²) in [6.07, 6.45) is 0. The predicted octanol–water partition coefficient (Wildman–Crippen LogP) is 0.943. The summed E-state index contributed by atoms with van der Waals surface area (Å²) in [5.74, 6) is 1.23. The lowest BCUT2D eigenvalue weighted by atomic mass is 10.2. The standard InChI is InChI=1S/C13H17N5O2/c1-9(2)13(19)14-8-12-15-16-17-18(12)10-4-6-11(20-3)7-5-10/h4-7,9H,8H2,1-3H3,(H,14,19). The van der Waals surface area contributed by atoms with Crippen LogP contribution in [0.2, 0.25) is 0 Å². The third-order valence-corrected chi connectivity index (χ3v) is 2.80. The van der Waals surface area contributed by atoms with Crippen LogP contribution in [0.3, 0.4) is 0 Å². The zero-order chi connectivity index (χ0) is 14.5. The molecule has 20 heavy (non-hydrogen) atoms. The van der Waals surface area contributed by atoms with Gasteiger partial charge in [-0.2, -0.15) is 4.68 Å². The lowest BCUT2D eigenvalue weighted by Gasteiger charge is -2.08. The maximum Gasteiger partial charge on any atom is 0.222 e. The van der Waals surface area contributed by atoms with Crippen LogP contribution < -0.4 is 10.1 Å². The van der Waals surface area contributed by atoms with Crippen molar-refractivity contribution in [2.75, 3.05) is 7.11 Å². The van der Waals surface area contributed by atoms with Crippen LogP contribution in [-0.4, -0.2) is 33.2 Å². The lowest BCUT2D eigenvalue weighted by molar-refractivity contribution is -0.124. The Kier molecular flexibility index (Phi) is 4.29. The Morgan fingerprint density at radius 2 is 2.05 bits per heavy atom. The van der Waals surface area contributed by atoms with Crippen molar-refractivity contribution in [2.45, 2.75) is 20.4 Å². The van der Waals surface area contributed by atoms with Gasteiger partial charge in [-0.05, 0) is 34.7 Å². The average molecular weight is 275 g/mol. The number of ether oxygens (including phenoxy) is 1. The molecule has 0 aliphatic carbocycles. The highest BCUT2D eigenvalue weighted by molar-refractivity contribution is 5.77. The van der Waals surface area contributed by atoms with Crippen molar-refractivity contribution in [1.82, 2.24) is 25.5 Å². The van der Waals surface area contributed by atoms with E-state index in [1.165, 1.54) is 0 Å². The van der Waals surface area contributed by atoms with Crippen molar-refractivity contribution in [3.05, 3.63) is 30.1 Å². The monoisotopic (exact) mass is 275 g/mol. The molecule has 0 bridgehead atoms. The summed E-state index contributed by atoms with van der Waals surface area (Å²) in [4.78, 5) is 11.6. The average Bonchev–Trinajstić information content (AvgIpc) is 2.93. The second-order valence-electron chi connectivity index (χ2n) is 4.58. The Bertz CT molecular complexity index is 577. The summed E-state index contributed by atoms with van der Waals surface area (Å²) < 4.78 is 6.69. The molecule has 0 aliphatic heterocycles. The van der Waals surface area contributed by atoms with E-state index >= 15 is 0 Å².